The standard InChI is InChI=1S/C24H18N4O5/c29-23(16-33-24(30)18-11-13-20(14-12-18)28(31)32)25-22-15-21(17-7-3-1-4-8-17)26-27(22)19-9-5-2-6-10-19/h1-15H,16H2,(H,25,29). The molecule has 0 atom stereocenters. The number of esters is 1. The lowest BCUT2D eigenvalue weighted by atomic mass is 10.2. The fraction of sp³-hybridized carbons (Fsp3) is 0.0417. The second kappa shape index (κ2) is 9.56. The van der Waals surface area contributed by atoms with Gasteiger partial charge >= 0.3 is 5.97 Å². The highest BCUT2D eigenvalue weighted by atomic mass is 16.6. The van der Waals surface area contributed by atoms with Crippen molar-refractivity contribution in [1.29, 1.82) is 0 Å². The Balaban J connectivity index is 1.48. The lowest BCUT2D eigenvalue weighted by molar-refractivity contribution is -0.384. The van der Waals surface area contributed by atoms with Gasteiger partial charge in [-0.05, 0) is 24.3 Å². The minimum Gasteiger partial charge on any atom is -0.452 e. The summed E-state index contributed by atoms with van der Waals surface area (Å²) in [5, 5.41) is 18.1. The SMILES string of the molecule is O=C(COC(=O)c1ccc([N+](=O)[O-])cc1)Nc1cc(-c2ccccc2)nn1-c1ccccc1. The number of carbonyl (C=O) groups is 2. The number of aromatic nitrogens is 2. The Morgan fingerprint density at radius 1 is 0.939 bits per heavy atom. The molecule has 1 amide bonds. The van der Waals surface area contributed by atoms with Crippen molar-refractivity contribution in [2.45, 2.75) is 0 Å². The molecule has 1 aromatic heterocycles. The second-order valence-corrected chi connectivity index (χ2v) is 6.96. The average Bonchev–Trinajstić information content (AvgIpc) is 3.27. The maximum atomic E-state index is 12.5. The minimum atomic E-state index is -0.762. The highest BCUT2D eigenvalue weighted by Crippen LogP contribution is 2.24. The van der Waals surface area contributed by atoms with E-state index in [0.29, 0.717) is 11.5 Å². The number of benzene rings is 3. The Kier molecular flexibility index (Phi) is 6.21. The van der Waals surface area contributed by atoms with E-state index in [9.17, 15) is 19.7 Å². The third-order valence-corrected chi connectivity index (χ3v) is 4.70. The van der Waals surface area contributed by atoms with Gasteiger partial charge in [-0.1, -0.05) is 48.5 Å². The number of hydrogen-bond donors (Lipinski definition) is 1. The number of nitrogens with zero attached hydrogens (tertiary/aromatic N) is 3. The first-order chi connectivity index (χ1) is 16.0. The van der Waals surface area contributed by atoms with Gasteiger partial charge < -0.3 is 10.1 Å². The highest BCUT2D eigenvalue weighted by Gasteiger charge is 2.16. The van der Waals surface area contributed by atoms with E-state index >= 15 is 0 Å². The quantitative estimate of drug-likeness (QED) is 0.260. The van der Waals surface area contributed by atoms with Crippen molar-refractivity contribution in [1.82, 2.24) is 9.78 Å². The summed E-state index contributed by atoms with van der Waals surface area (Å²) in [7, 11) is 0. The smallest absolute Gasteiger partial charge is 0.338 e. The molecule has 0 saturated carbocycles. The van der Waals surface area contributed by atoms with E-state index in [-0.39, 0.29) is 11.3 Å². The molecule has 0 bridgehead atoms. The van der Waals surface area contributed by atoms with Gasteiger partial charge in [-0.15, -0.1) is 0 Å². The molecule has 0 saturated heterocycles. The second-order valence-electron chi connectivity index (χ2n) is 6.96. The van der Waals surface area contributed by atoms with Gasteiger partial charge in [-0.2, -0.15) is 5.10 Å². The van der Waals surface area contributed by atoms with E-state index in [1.165, 1.54) is 24.3 Å². The number of hydrogen-bond acceptors (Lipinski definition) is 6. The summed E-state index contributed by atoms with van der Waals surface area (Å²) in [6, 6.07) is 25.5. The molecule has 33 heavy (non-hydrogen) atoms. The highest BCUT2D eigenvalue weighted by molar-refractivity contribution is 5.95. The Morgan fingerprint density at radius 2 is 1.58 bits per heavy atom. The molecular formula is C24H18N4O5. The van der Waals surface area contributed by atoms with Crippen LogP contribution in [-0.2, 0) is 9.53 Å². The van der Waals surface area contributed by atoms with Crippen LogP contribution in [-0.4, -0.2) is 33.2 Å². The maximum absolute atomic E-state index is 12.5. The van der Waals surface area contributed by atoms with Crippen molar-refractivity contribution in [3.05, 3.63) is 107 Å². The fourth-order valence-electron chi connectivity index (χ4n) is 3.10. The lowest BCUT2D eigenvalue weighted by Crippen LogP contribution is -2.22. The molecule has 3 aromatic carbocycles. The molecule has 1 heterocycles. The minimum absolute atomic E-state index is 0.106. The van der Waals surface area contributed by atoms with Gasteiger partial charge in [0.15, 0.2) is 6.61 Å². The van der Waals surface area contributed by atoms with Crippen LogP contribution in [0.15, 0.2) is 91.0 Å². The van der Waals surface area contributed by atoms with Gasteiger partial charge in [0.1, 0.15) is 5.82 Å². The Hall–Kier alpha value is -4.79. The summed E-state index contributed by atoms with van der Waals surface area (Å²) in [5.74, 6) is -0.903. The summed E-state index contributed by atoms with van der Waals surface area (Å²) >= 11 is 0. The predicted octanol–water partition coefficient (Wildman–Crippen LogP) is 4.24. The molecule has 4 aromatic rings. The summed E-state index contributed by atoms with van der Waals surface area (Å²) < 4.78 is 6.64. The van der Waals surface area contributed by atoms with E-state index in [4.69, 9.17) is 4.74 Å². The van der Waals surface area contributed by atoms with Crippen LogP contribution in [0.3, 0.4) is 0 Å². The van der Waals surface area contributed by atoms with E-state index < -0.39 is 23.4 Å². The number of para-hydroxylation sites is 1. The maximum Gasteiger partial charge on any atom is 0.338 e. The lowest BCUT2D eigenvalue weighted by Gasteiger charge is -2.09. The number of nitro benzene ring substituents is 1. The molecule has 9 nitrogen and oxygen atoms in total. The van der Waals surface area contributed by atoms with Crippen molar-refractivity contribution < 1.29 is 19.2 Å². The van der Waals surface area contributed by atoms with Crippen LogP contribution in [0, 0.1) is 10.1 Å². The molecule has 0 spiro atoms. The van der Waals surface area contributed by atoms with Crippen LogP contribution in [0.4, 0.5) is 11.5 Å². The number of nitro groups is 1. The van der Waals surface area contributed by atoms with Gasteiger partial charge in [0, 0.05) is 23.8 Å². The van der Waals surface area contributed by atoms with Crippen LogP contribution in [0.25, 0.3) is 16.9 Å². The van der Waals surface area contributed by atoms with Crippen LogP contribution in [0.1, 0.15) is 10.4 Å². The third kappa shape index (κ3) is 5.10. The first kappa shape index (κ1) is 21.4. The zero-order chi connectivity index (χ0) is 23.2. The summed E-state index contributed by atoms with van der Waals surface area (Å²) in [4.78, 5) is 34.8. The van der Waals surface area contributed by atoms with Gasteiger partial charge in [-0.25, -0.2) is 9.48 Å². The van der Waals surface area contributed by atoms with Crippen LogP contribution < -0.4 is 5.32 Å². The Bertz CT molecular complexity index is 1290. The summed E-state index contributed by atoms with van der Waals surface area (Å²) in [5.41, 5.74) is 2.25. The fourth-order valence-corrected chi connectivity index (χ4v) is 3.10. The zero-order valence-electron chi connectivity index (χ0n) is 17.3. The number of ether oxygens (including phenoxy) is 1. The van der Waals surface area contributed by atoms with Gasteiger partial charge in [0.25, 0.3) is 11.6 Å². The number of rotatable bonds is 7. The zero-order valence-corrected chi connectivity index (χ0v) is 17.3. The largest absolute Gasteiger partial charge is 0.452 e. The first-order valence-electron chi connectivity index (χ1n) is 9.93. The van der Waals surface area contributed by atoms with Crippen molar-refractivity contribution in [2.75, 3.05) is 11.9 Å². The monoisotopic (exact) mass is 442 g/mol. The topological polar surface area (TPSA) is 116 Å². The number of amides is 1. The van der Waals surface area contributed by atoms with E-state index in [1.807, 2.05) is 60.7 Å². The Labute approximate surface area is 188 Å². The molecule has 0 aliphatic heterocycles. The van der Waals surface area contributed by atoms with E-state index in [1.54, 1.807) is 10.7 Å². The molecule has 9 heteroatoms. The summed E-state index contributed by atoms with van der Waals surface area (Å²) in [6.45, 7) is -0.531. The van der Waals surface area contributed by atoms with Gasteiger partial charge in [0.2, 0.25) is 0 Å². The third-order valence-electron chi connectivity index (χ3n) is 4.70. The molecule has 0 fully saturated rings. The predicted molar refractivity (Wildman–Crippen MR) is 121 cm³/mol. The number of anilines is 1. The number of non-ortho nitro benzene ring substituents is 1. The number of carbonyl (C=O) groups excluding carboxylic acids is 2. The molecule has 0 radical (unpaired) electrons. The number of nitrogens with one attached hydrogen (secondary N) is 1. The van der Waals surface area contributed by atoms with E-state index in [2.05, 4.69) is 10.4 Å². The van der Waals surface area contributed by atoms with Crippen molar-refractivity contribution in [3.63, 3.8) is 0 Å². The molecular weight excluding hydrogens is 424 g/mol. The van der Waals surface area contributed by atoms with Crippen LogP contribution >= 0.6 is 0 Å². The molecule has 164 valence electrons. The van der Waals surface area contributed by atoms with Crippen LogP contribution in [0.2, 0.25) is 0 Å². The van der Waals surface area contributed by atoms with Gasteiger partial charge in [0.05, 0.1) is 21.9 Å². The normalized spacial score (nSPS) is 10.4. The summed E-state index contributed by atoms with van der Waals surface area (Å²) in [6.07, 6.45) is 0. The molecule has 0 unspecified atom stereocenters. The average molecular weight is 442 g/mol. The van der Waals surface area contributed by atoms with Crippen molar-refractivity contribution in [3.8, 4) is 16.9 Å². The van der Waals surface area contributed by atoms with Gasteiger partial charge in [-0.3, -0.25) is 14.9 Å². The molecule has 4 rings (SSSR count). The van der Waals surface area contributed by atoms with Crippen molar-refractivity contribution in [2.24, 2.45) is 0 Å². The first-order valence-corrected chi connectivity index (χ1v) is 9.93. The Morgan fingerprint density at radius 3 is 2.21 bits per heavy atom. The van der Waals surface area contributed by atoms with Crippen molar-refractivity contribution >= 4 is 23.4 Å². The molecule has 0 aliphatic rings. The molecule has 0 aliphatic carbocycles. The molecule has 1 N–H and O–H groups in total. The van der Waals surface area contributed by atoms with Crippen LogP contribution in [0.5, 0.6) is 0 Å². The van der Waals surface area contributed by atoms with E-state index in [0.717, 1.165) is 11.3 Å².